The summed E-state index contributed by atoms with van der Waals surface area (Å²) in [5.74, 6) is -0.964. The molecule has 3 heterocycles. The van der Waals surface area contributed by atoms with E-state index in [9.17, 15) is 14.4 Å². The van der Waals surface area contributed by atoms with E-state index in [4.69, 9.17) is 14.2 Å². The molecule has 1 aliphatic rings. The van der Waals surface area contributed by atoms with Crippen LogP contribution in [0.15, 0.2) is 84.0 Å². The highest BCUT2D eigenvalue weighted by Gasteiger charge is 2.40. The molecule has 172 valence electrons. The van der Waals surface area contributed by atoms with Gasteiger partial charge in [-0.2, -0.15) is 0 Å². The molecule has 2 aromatic carbocycles. The van der Waals surface area contributed by atoms with Crippen molar-refractivity contribution in [3.63, 3.8) is 0 Å². The number of rotatable bonds is 6. The minimum Gasteiger partial charge on any atom is -0.459 e. The van der Waals surface area contributed by atoms with E-state index in [2.05, 4.69) is 9.97 Å². The maximum atomic E-state index is 12.7. The summed E-state index contributed by atoms with van der Waals surface area (Å²) in [5, 5.41) is 0. The monoisotopic (exact) mass is 459 g/mol. The molecular formula is C25H21N3O6. The van der Waals surface area contributed by atoms with Crippen molar-refractivity contribution in [2.24, 2.45) is 0 Å². The lowest BCUT2D eigenvalue weighted by Crippen LogP contribution is -2.25. The summed E-state index contributed by atoms with van der Waals surface area (Å²) >= 11 is 0. The molecule has 0 saturated carbocycles. The first-order chi connectivity index (χ1) is 16.6. The summed E-state index contributed by atoms with van der Waals surface area (Å²) in [4.78, 5) is 44.0. The lowest BCUT2D eigenvalue weighted by molar-refractivity contribution is -0.0592. The van der Waals surface area contributed by atoms with Crippen LogP contribution in [0.25, 0.3) is 11.0 Å². The number of hydrogen-bond acceptors (Lipinski definition) is 7. The molecule has 1 N–H and O–H groups in total. The molecule has 0 radical (unpaired) electrons. The van der Waals surface area contributed by atoms with Gasteiger partial charge in [0.1, 0.15) is 12.7 Å². The summed E-state index contributed by atoms with van der Waals surface area (Å²) < 4.78 is 19.0. The normalized spacial score (nSPS) is 19.7. The van der Waals surface area contributed by atoms with Gasteiger partial charge in [-0.25, -0.2) is 14.6 Å². The lowest BCUT2D eigenvalue weighted by atomic mass is 10.2. The number of carbonyl (C=O) groups is 2. The fourth-order valence-corrected chi connectivity index (χ4v) is 3.96. The van der Waals surface area contributed by atoms with Crippen LogP contribution < -0.4 is 5.56 Å². The van der Waals surface area contributed by atoms with Gasteiger partial charge in [0.2, 0.25) is 0 Å². The molecule has 0 bridgehead atoms. The second kappa shape index (κ2) is 9.32. The smallest absolute Gasteiger partial charge is 0.338 e. The summed E-state index contributed by atoms with van der Waals surface area (Å²) in [5.41, 5.74) is 1.30. The third-order valence-corrected chi connectivity index (χ3v) is 5.60. The molecule has 0 aliphatic carbocycles. The number of pyridine rings is 1. The number of nitrogens with one attached hydrogen (secondary N) is 1. The predicted molar refractivity (Wildman–Crippen MR) is 121 cm³/mol. The maximum absolute atomic E-state index is 12.7. The van der Waals surface area contributed by atoms with E-state index >= 15 is 0 Å². The summed E-state index contributed by atoms with van der Waals surface area (Å²) in [6, 6.07) is 19.0. The molecular weight excluding hydrogens is 438 g/mol. The number of hydrogen-bond donors (Lipinski definition) is 1. The molecule has 4 aromatic rings. The molecule has 0 unspecified atom stereocenters. The number of aromatic amines is 1. The van der Waals surface area contributed by atoms with Crippen LogP contribution in [0.4, 0.5) is 0 Å². The molecule has 2 aromatic heterocycles. The van der Waals surface area contributed by atoms with Gasteiger partial charge in [0.15, 0.2) is 11.7 Å². The third kappa shape index (κ3) is 4.33. The Balaban J connectivity index is 1.37. The minimum absolute atomic E-state index is 0.0170. The molecule has 3 atom stereocenters. The Bertz CT molecular complexity index is 1370. The highest BCUT2D eigenvalue weighted by molar-refractivity contribution is 5.90. The molecule has 9 heteroatoms. The van der Waals surface area contributed by atoms with Crippen molar-refractivity contribution in [1.82, 2.24) is 14.5 Å². The van der Waals surface area contributed by atoms with E-state index in [1.807, 2.05) is 12.1 Å². The molecule has 1 aliphatic heterocycles. The predicted octanol–water partition coefficient (Wildman–Crippen LogP) is 3.09. The van der Waals surface area contributed by atoms with Crippen LogP contribution >= 0.6 is 0 Å². The highest BCUT2D eigenvalue weighted by Crippen LogP contribution is 2.34. The van der Waals surface area contributed by atoms with Crippen molar-refractivity contribution in [3.05, 3.63) is 101 Å². The van der Waals surface area contributed by atoms with Crippen LogP contribution in [0.1, 0.15) is 33.4 Å². The van der Waals surface area contributed by atoms with Crippen molar-refractivity contribution in [2.45, 2.75) is 24.9 Å². The van der Waals surface area contributed by atoms with Gasteiger partial charge >= 0.3 is 11.9 Å². The minimum atomic E-state index is -0.750. The molecule has 5 rings (SSSR count). The molecule has 0 spiro atoms. The summed E-state index contributed by atoms with van der Waals surface area (Å²) in [6.45, 7) is -0.0170. The van der Waals surface area contributed by atoms with E-state index in [0.29, 0.717) is 23.1 Å². The molecule has 1 fully saturated rings. The van der Waals surface area contributed by atoms with Gasteiger partial charge in [-0.1, -0.05) is 36.4 Å². The Morgan fingerprint density at radius 1 is 1.00 bits per heavy atom. The van der Waals surface area contributed by atoms with Crippen molar-refractivity contribution < 1.29 is 23.8 Å². The summed E-state index contributed by atoms with van der Waals surface area (Å²) in [7, 11) is 0. The van der Waals surface area contributed by atoms with E-state index in [1.165, 1.54) is 12.5 Å². The fraction of sp³-hybridized carbons (Fsp3) is 0.200. The van der Waals surface area contributed by atoms with Gasteiger partial charge in [0.25, 0.3) is 5.56 Å². The summed E-state index contributed by atoms with van der Waals surface area (Å²) in [6.07, 6.45) is 1.33. The van der Waals surface area contributed by atoms with Crippen LogP contribution in [0, 0.1) is 0 Å². The topological polar surface area (TPSA) is 113 Å². The number of ether oxygens (including phenoxy) is 3. The van der Waals surface area contributed by atoms with E-state index < -0.39 is 30.4 Å². The second-order valence-electron chi connectivity index (χ2n) is 7.85. The SMILES string of the molecule is O=C(OC[C@@H]1C[C@@H](OC(=O)c2ccccc2)[C@H](n2cnc3c(=O)[nH]ccc32)O1)c1ccccc1. The quantitative estimate of drug-likeness (QED) is 0.441. The third-order valence-electron chi connectivity index (χ3n) is 5.60. The van der Waals surface area contributed by atoms with Gasteiger partial charge in [-0.15, -0.1) is 0 Å². The Labute approximate surface area is 193 Å². The van der Waals surface area contributed by atoms with Crippen molar-refractivity contribution in [2.75, 3.05) is 6.61 Å². The highest BCUT2D eigenvalue weighted by atomic mass is 16.6. The molecule has 34 heavy (non-hydrogen) atoms. The lowest BCUT2D eigenvalue weighted by Gasteiger charge is -2.21. The number of nitrogens with zero attached hydrogens (tertiary/aromatic N) is 2. The number of carbonyl (C=O) groups excluding carboxylic acids is 2. The van der Waals surface area contributed by atoms with Gasteiger partial charge in [-0.05, 0) is 30.3 Å². The Morgan fingerprint density at radius 2 is 1.68 bits per heavy atom. The number of H-pyrrole nitrogens is 1. The average molecular weight is 459 g/mol. The largest absolute Gasteiger partial charge is 0.459 e. The van der Waals surface area contributed by atoms with Crippen molar-refractivity contribution in [1.29, 1.82) is 0 Å². The van der Waals surface area contributed by atoms with Crippen LogP contribution in [0.3, 0.4) is 0 Å². The maximum Gasteiger partial charge on any atom is 0.338 e. The van der Waals surface area contributed by atoms with Gasteiger partial charge in [0, 0.05) is 12.6 Å². The van der Waals surface area contributed by atoms with Gasteiger partial charge in [0.05, 0.1) is 29.1 Å². The standard InChI is InChI=1S/C25H21N3O6/c29-22-21-19(11-12-26-22)28(15-27-21)23-20(34-25(31)17-9-5-2-6-10-17)13-18(33-23)14-32-24(30)16-7-3-1-4-8-16/h1-12,15,18,20,23H,13-14H2,(H,26,29)/t18-,20+,23+/m0/s1. The number of aromatic nitrogens is 3. The van der Waals surface area contributed by atoms with Crippen molar-refractivity contribution >= 4 is 23.0 Å². The Kier molecular flexibility index (Phi) is 5.92. The average Bonchev–Trinajstić information content (AvgIpc) is 3.48. The number of imidazole rings is 1. The first kappa shape index (κ1) is 21.6. The first-order valence-corrected chi connectivity index (χ1v) is 10.8. The van der Waals surface area contributed by atoms with Crippen LogP contribution in [0.2, 0.25) is 0 Å². The molecule has 9 nitrogen and oxygen atoms in total. The van der Waals surface area contributed by atoms with Gasteiger partial charge < -0.3 is 19.2 Å². The van der Waals surface area contributed by atoms with E-state index in [1.54, 1.807) is 59.2 Å². The van der Waals surface area contributed by atoms with E-state index in [-0.39, 0.29) is 17.7 Å². The van der Waals surface area contributed by atoms with Crippen LogP contribution in [-0.4, -0.2) is 45.3 Å². The zero-order valence-corrected chi connectivity index (χ0v) is 18.0. The number of benzene rings is 2. The fourth-order valence-electron chi connectivity index (χ4n) is 3.96. The molecule has 0 amide bonds. The van der Waals surface area contributed by atoms with Crippen LogP contribution in [-0.2, 0) is 14.2 Å². The number of esters is 2. The second-order valence-corrected chi connectivity index (χ2v) is 7.85. The Morgan fingerprint density at radius 3 is 2.38 bits per heavy atom. The van der Waals surface area contributed by atoms with Crippen molar-refractivity contribution in [3.8, 4) is 0 Å². The zero-order valence-electron chi connectivity index (χ0n) is 18.0. The number of fused-ring (bicyclic) bond motifs is 1. The van der Waals surface area contributed by atoms with E-state index in [0.717, 1.165) is 0 Å². The van der Waals surface area contributed by atoms with Gasteiger partial charge in [-0.3, -0.25) is 9.36 Å². The molecule has 1 saturated heterocycles. The Hall–Kier alpha value is -4.24. The van der Waals surface area contributed by atoms with Crippen LogP contribution in [0.5, 0.6) is 0 Å². The first-order valence-electron chi connectivity index (χ1n) is 10.8. The zero-order chi connectivity index (χ0) is 23.5.